The van der Waals surface area contributed by atoms with E-state index in [0.717, 1.165) is 60.1 Å². The first kappa shape index (κ1) is 22.0. The Bertz CT molecular complexity index is 1720. The van der Waals surface area contributed by atoms with Gasteiger partial charge in [0.2, 0.25) is 0 Å². The van der Waals surface area contributed by atoms with Crippen LogP contribution >= 0.6 is 0 Å². The molecule has 37 heavy (non-hydrogen) atoms. The van der Waals surface area contributed by atoms with Crippen molar-refractivity contribution in [3.05, 3.63) is 82.9 Å². The van der Waals surface area contributed by atoms with Gasteiger partial charge in [-0.05, 0) is 61.8 Å². The maximum atomic E-state index is 13.1. The Morgan fingerprint density at radius 3 is 2.70 bits per heavy atom. The van der Waals surface area contributed by atoms with E-state index < -0.39 is 0 Å². The molecule has 1 aromatic carbocycles. The molecule has 186 valence electrons. The number of pyridine rings is 1. The van der Waals surface area contributed by atoms with Crippen molar-refractivity contribution < 1.29 is 4.79 Å². The van der Waals surface area contributed by atoms with Crippen LogP contribution in [-0.4, -0.2) is 41.3 Å². The van der Waals surface area contributed by atoms with E-state index in [-0.39, 0.29) is 22.9 Å². The van der Waals surface area contributed by atoms with Crippen LogP contribution in [0.2, 0.25) is 0 Å². The van der Waals surface area contributed by atoms with Gasteiger partial charge < -0.3 is 5.32 Å². The number of H-pyrrole nitrogens is 1. The fraction of sp³-hybridized carbons (Fsp3) is 0.321. The molecule has 4 heterocycles. The Hall–Kier alpha value is -4.27. The van der Waals surface area contributed by atoms with Crippen molar-refractivity contribution in [2.45, 2.75) is 51.1 Å². The molecular formula is C28H27N7O2. The number of nitrogens with zero attached hydrogens (tertiary/aromatic N) is 5. The van der Waals surface area contributed by atoms with Crippen molar-refractivity contribution in [3.63, 3.8) is 0 Å². The monoisotopic (exact) mass is 493 g/mol. The van der Waals surface area contributed by atoms with Gasteiger partial charge in [0, 0.05) is 41.8 Å². The number of aromatic amines is 1. The van der Waals surface area contributed by atoms with Crippen molar-refractivity contribution in [3.8, 4) is 11.1 Å². The highest BCUT2D eigenvalue weighted by Crippen LogP contribution is 2.62. The normalized spacial score (nSPS) is 22.7. The van der Waals surface area contributed by atoms with E-state index in [1.807, 2.05) is 64.1 Å². The maximum Gasteiger partial charge on any atom is 0.272 e. The molecule has 2 saturated carbocycles. The molecule has 5 aromatic rings. The second-order valence-corrected chi connectivity index (χ2v) is 10.5. The molecule has 1 amide bonds. The van der Waals surface area contributed by atoms with Gasteiger partial charge in [0.1, 0.15) is 11.3 Å². The summed E-state index contributed by atoms with van der Waals surface area (Å²) in [5, 5.41) is 16.3. The van der Waals surface area contributed by atoms with E-state index in [1.54, 1.807) is 6.20 Å². The predicted molar refractivity (Wildman–Crippen MR) is 139 cm³/mol. The summed E-state index contributed by atoms with van der Waals surface area (Å²) in [4.78, 5) is 29.7. The minimum atomic E-state index is -0.143. The third-order valence-electron chi connectivity index (χ3n) is 8.20. The Kier molecular flexibility index (Phi) is 4.82. The Labute approximate surface area is 212 Å². The zero-order chi connectivity index (χ0) is 25.1. The first-order valence-corrected chi connectivity index (χ1v) is 12.8. The van der Waals surface area contributed by atoms with E-state index in [1.165, 1.54) is 0 Å². The third kappa shape index (κ3) is 3.56. The maximum absolute atomic E-state index is 13.1. The highest BCUT2D eigenvalue weighted by molar-refractivity contribution is 5.93. The van der Waals surface area contributed by atoms with Crippen LogP contribution in [0.3, 0.4) is 0 Å². The average molecular weight is 494 g/mol. The largest absolute Gasteiger partial charge is 0.348 e. The first-order valence-electron chi connectivity index (χ1n) is 12.8. The minimum Gasteiger partial charge on any atom is -0.348 e. The summed E-state index contributed by atoms with van der Waals surface area (Å²) < 4.78 is 3.73. The number of carbonyl (C=O) groups is 1. The lowest BCUT2D eigenvalue weighted by Gasteiger charge is -2.57. The third-order valence-corrected chi connectivity index (χ3v) is 8.20. The van der Waals surface area contributed by atoms with Gasteiger partial charge in [-0.2, -0.15) is 10.2 Å². The van der Waals surface area contributed by atoms with E-state index in [4.69, 9.17) is 0 Å². The molecule has 9 heteroatoms. The number of fused-ring (bicyclic) bond motifs is 2. The van der Waals surface area contributed by atoms with Gasteiger partial charge >= 0.3 is 0 Å². The molecule has 9 nitrogen and oxygen atoms in total. The second kappa shape index (κ2) is 8.12. The summed E-state index contributed by atoms with van der Waals surface area (Å²) in [7, 11) is 0. The van der Waals surface area contributed by atoms with Gasteiger partial charge in [-0.3, -0.25) is 18.7 Å². The number of hydrogen-bond donors (Lipinski definition) is 2. The summed E-state index contributed by atoms with van der Waals surface area (Å²) in [6.07, 6.45) is 11.4. The predicted octanol–water partition coefficient (Wildman–Crippen LogP) is 3.91. The lowest BCUT2D eigenvalue weighted by atomic mass is 9.49. The number of nitrogens with one attached hydrogen (secondary N) is 2. The van der Waals surface area contributed by atoms with Crippen LogP contribution in [0.5, 0.6) is 0 Å². The van der Waals surface area contributed by atoms with Gasteiger partial charge in [0.05, 0.1) is 23.5 Å². The van der Waals surface area contributed by atoms with Crippen molar-refractivity contribution in [2.75, 3.05) is 0 Å². The molecule has 0 bridgehead atoms. The number of hydrogen-bond acceptors (Lipinski definition) is 5. The average Bonchev–Trinajstić information content (AvgIpc) is 3.52. The van der Waals surface area contributed by atoms with Crippen molar-refractivity contribution >= 4 is 22.3 Å². The molecule has 7 rings (SSSR count). The lowest BCUT2D eigenvalue weighted by Crippen LogP contribution is -2.55. The highest BCUT2D eigenvalue weighted by Gasteiger charge is 2.54. The molecule has 0 atom stereocenters. The molecule has 0 aliphatic heterocycles. The Morgan fingerprint density at radius 2 is 1.92 bits per heavy atom. The molecular weight excluding hydrogens is 466 g/mol. The van der Waals surface area contributed by atoms with Gasteiger partial charge in [-0.1, -0.05) is 18.2 Å². The van der Waals surface area contributed by atoms with E-state index in [2.05, 4.69) is 32.5 Å². The molecule has 0 unspecified atom stereocenters. The van der Waals surface area contributed by atoms with Crippen LogP contribution in [0, 0.1) is 5.41 Å². The number of rotatable bonds is 5. The van der Waals surface area contributed by atoms with Gasteiger partial charge in [0.25, 0.3) is 11.5 Å². The quantitative estimate of drug-likeness (QED) is 0.386. The van der Waals surface area contributed by atoms with Crippen LogP contribution in [0.15, 0.2) is 66.0 Å². The molecule has 4 aromatic heterocycles. The van der Waals surface area contributed by atoms with Crippen LogP contribution in [0.25, 0.3) is 27.5 Å². The SMILES string of the molecule is CCn1cc(-c2ccn3c(C(=O)N[C@H]4CC5(C4)C[C@H](c4n[nH]c(=O)c6ccccc64)C5)cnc3c2)cn1. The van der Waals surface area contributed by atoms with Gasteiger partial charge in [-0.25, -0.2) is 10.1 Å². The number of aryl methyl sites for hydroxylation is 1. The molecule has 0 saturated heterocycles. The van der Waals surface area contributed by atoms with Crippen LogP contribution < -0.4 is 10.9 Å². The number of benzene rings is 1. The molecule has 2 aliphatic rings. The minimum absolute atomic E-state index is 0.0944. The smallest absolute Gasteiger partial charge is 0.272 e. The summed E-state index contributed by atoms with van der Waals surface area (Å²) in [6, 6.07) is 11.8. The second-order valence-electron chi connectivity index (χ2n) is 10.5. The lowest BCUT2D eigenvalue weighted by molar-refractivity contribution is -0.0197. The summed E-state index contributed by atoms with van der Waals surface area (Å²) in [5.41, 5.74) is 4.44. The van der Waals surface area contributed by atoms with Gasteiger partial charge in [0.15, 0.2) is 0 Å². The standard InChI is InChI=1S/C28H27N7O2/c1-2-34-16-19(14-30-34)17-7-8-35-23(15-29-24(35)9-17)27(37)31-20-12-28(13-20)10-18(11-28)25-21-5-3-4-6-22(21)26(36)33-32-25/h3-9,14-16,18,20H,2,10-13H2,1H3,(H,31,37)(H,33,36)/t18-,20-,28?. The zero-order valence-corrected chi connectivity index (χ0v) is 20.5. The van der Waals surface area contributed by atoms with Crippen molar-refractivity contribution in [2.24, 2.45) is 5.41 Å². The summed E-state index contributed by atoms with van der Waals surface area (Å²) in [5.74, 6) is 0.249. The van der Waals surface area contributed by atoms with Crippen molar-refractivity contribution in [1.29, 1.82) is 0 Å². The molecule has 2 fully saturated rings. The van der Waals surface area contributed by atoms with E-state index in [9.17, 15) is 9.59 Å². The molecule has 2 N–H and O–H groups in total. The highest BCUT2D eigenvalue weighted by atomic mass is 16.2. The van der Waals surface area contributed by atoms with Crippen molar-refractivity contribution in [1.82, 2.24) is 34.7 Å². The van der Waals surface area contributed by atoms with E-state index >= 15 is 0 Å². The van der Waals surface area contributed by atoms with E-state index in [0.29, 0.717) is 17.0 Å². The number of aromatic nitrogens is 6. The topological polar surface area (TPSA) is 110 Å². The first-order chi connectivity index (χ1) is 18.0. The molecule has 1 spiro atoms. The fourth-order valence-electron chi connectivity index (χ4n) is 6.32. The fourth-order valence-corrected chi connectivity index (χ4v) is 6.32. The molecule has 0 radical (unpaired) electrons. The zero-order valence-electron chi connectivity index (χ0n) is 20.5. The van der Waals surface area contributed by atoms with Crippen LogP contribution in [0.4, 0.5) is 0 Å². The Balaban J connectivity index is 1.00. The summed E-state index contributed by atoms with van der Waals surface area (Å²) in [6.45, 7) is 2.87. The number of carbonyl (C=O) groups excluding carboxylic acids is 1. The molecule has 2 aliphatic carbocycles. The number of amides is 1. The summed E-state index contributed by atoms with van der Waals surface area (Å²) >= 11 is 0. The Morgan fingerprint density at radius 1 is 1.11 bits per heavy atom. The van der Waals surface area contributed by atoms with Crippen LogP contribution in [0.1, 0.15) is 54.7 Å². The number of imidazole rings is 1. The van der Waals surface area contributed by atoms with Crippen LogP contribution in [-0.2, 0) is 6.54 Å². The van der Waals surface area contributed by atoms with Gasteiger partial charge in [-0.15, -0.1) is 0 Å².